The van der Waals surface area contributed by atoms with Gasteiger partial charge in [-0.2, -0.15) is 0 Å². The van der Waals surface area contributed by atoms with E-state index in [0.29, 0.717) is 17.5 Å². The lowest BCUT2D eigenvalue weighted by atomic mass is 10.0. The molecule has 7 heteroatoms. The average Bonchev–Trinajstić information content (AvgIpc) is 2.77. The molecule has 31 heavy (non-hydrogen) atoms. The van der Waals surface area contributed by atoms with Crippen molar-refractivity contribution in [1.82, 2.24) is 4.90 Å². The van der Waals surface area contributed by atoms with Crippen molar-refractivity contribution in [2.75, 3.05) is 48.8 Å². The summed E-state index contributed by atoms with van der Waals surface area (Å²) in [4.78, 5) is 31.4. The molecule has 2 aliphatic heterocycles. The van der Waals surface area contributed by atoms with E-state index in [9.17, 15) is 9.59 Å². The molecule has 2 aliphatic rings. The van der Waals surface area contributed by atoms with Crippen LogP contribution >= 0.6 is 0 Å². The van der Waals surface area contributed by atoms with Crippen molar-refractivity contribution in [3.8, 4) is 5.75 Å². The average molecular weight is 423 g/mol. The van der Waals surface area contributed by atoms with Crippen molar-refractivity contribution in [2.24, 2.45) is 0 Å². The molecule has 1 N–H and O–H groups in total. The van der Waals surface area contributed by atoms with E-state index in [0.717, 1.165) is 31.6 Å². The number of rotatable bonds is 5. The largest absolute Gasteiger partial charge is 0.479 e. The van der Waals surface area contributed by atoms with Gasteiger partial charge in [0, 0.05) is 30.5 Å². The number of nitrogens with zero attached hydrogens (tertiary/aromatic N) is 3. The number of hydrogen-bond donors (Lipinski definition) is 1. The third-order valence-corrected chi connectivity index (χ3v) is 6.09. The standard InChI is InChI=1S/C24H30N4O3/c1-17-24(30)28(21-6-4-5-7-22(21)31-17)16-23(29)25-18-8-10-20(11-9-18)27-14-12-19(13-15-27)26(2)3/h4-11,17,19H,12-16H2,1-3H3,(H,25,29). The predicted octanol–water partition coefficient (Wildman–Crippen LogP) is 2.97. The van der Waals surface area contributed by atoms with Crippen LogP contribution in [0, 0.1) is 0 Å². The lowest BCUT2D eigenvalue weighted by molar-refractivity contribution is -0.127. The minimum Gasteiger partial charge on any atom is -0.479 e. The summed E-state index contributed by atoms with van der Waals surface area (Å²) >= 11 is 0. The Morgan fingerprint density at radius 1 is 1.10 bits per heavy atom. The maximum atomic E-state index is 12.7. The molecule has 2 amide bonds. The summed E-state index contributed by atoms with van der Waals surface area (Å²) in [5, 5.41) is 2.91. The first-order chi connectivity index (χ1) is 14.9. The van der Waals surface area contributed by atoms with Gasteiger partial charge in [0.1, 0.15) is 12.3 Å². The fourth-order valence-corrected chi connectivity index (χ4v) is 4.26. The number of amides is 2. The summed E-state index contributed by atoms with van der Waals surface area (Å²) in [7, 11) is 4.28. The van der Waals surface area contributed by atoms with E-state index in [2.05, 4.69) is 29.2 Å². The number of nitrogens with one attached hydrogen (secondary N) is 1. The molecule has 1 fully saturated rings. The second kappa shape index (κ2) is 8.98. The number of carbonyl (C=O) groups is 2. The van der Waals surface area contributed by atoms with E-state index >= 15 is 0 Å². The summed E-state index contributed by atoms with van der Waals surface area (Å²) in [6.07, 6.45) is 1.69. The number of piperidine rings is 1. The van der Waals surface area contributed by atoms with Crippen molar-refractivity contribution in [3.63, 3.8) is 0 Å². The van der Waals surface area contributed by atoms with E-state index in [1.807, 2.05) is 42.5 Å². The van der Waals surface area contributed by atoms with Crippen LogP contribution in [0.1, 0.15) is 19.8 Å². The number of carbonyl (C=O) groups excluding carboxylic acids is 2. The Morgan fingerprint density at radius 2 is 1.77 bits per heavy atom. The molecule has 0 radical (unpaired) electrons. The monoisotopic (exact) mass is 422 g/mol. The molecule has 0 aromatic heterocycles. The Labute approximate surface area is 183 Å². The van der Waals surface area contributed by atoms with Gasteiger partial charge in [0.25, 0.3) is 5.91 Å². The first kappa shape index (κ1) is 21.2. The Hall–Kier alpha value is -3.06. The van der Waals surface area contributed by atoms with E-state index < -0.39 is 6.10 Å². The van der Waals surface area contributed by atoms with Gasteiger partial charge in [-0.3, -0.25) is 14.5 Å². The van der Waals surface area contributed by atoms with E-state index in [1.165, 1.54) is 10.6 Å². The van der Waals surface area contributed by atoms with Crippen LogP contribution in [0.5, 0.6) is 5.75 Å². The molecule has 1 atom stereocenters. The molecule has 7 nitrogen and oxygen atoms in total. The second-order valence-electron chi connectivity index (χ2n) is 8.43. The highest BCUT2D eigenvalue weighted by Crippen LogP contribution is 2.33. The van der Waals surface area contributed by atoms with Gasteiger partial charge < -0.3 is 19.9 Å². The van der Waals surface area contributed by atoms with Gasteiger partial charge in [-0.25, -0.2) is 0 Å². The van der Waals surface area contributed by atoms with Crippen LogP contribution in [0.15, 0.2) is 48.5 Å². The summed E-state index contributed by atoms with van der Waals surface area (Å²) in [5.74, 6) is 0.159. The SMILES string of the molecule is CC1Oc2ccccc2N(CC(=O)Nc2ccc(N3CCC(N(C)C)CC3)cc2)C1=O. The minimum atomic E-state index is -0.612. The van der Waals surface area contributed by atoms with Gasteiger partial charge in [-0.15, -0.1) is 0 Å². The molecule has 0 spiro atoms. The maximum Gasteiger partial charge on any atom is 0.268 e. The normalized spacial score (nSPS) is 19.2. The number of ether oxygens (including phenoxy) is 1. The highest BCUT2D eigenvalue weighted by molar-refractivity contribution is 6.06. The van der Waals surface area contributed by atoms with Crippen molar-refractivity contribution in [3.05, 3.63) is 48.5 Å². The fraction of sp³-hybridized carbons (Fsp3) is 0.417. The zero-order chi connectivity index (χ0) is 22.0. The molecule has 1 saturated heterocycles. The van der Waals surface area contributed by atoms with Crippen LogP contribution in [-0.4, -0.2) is 62.6 Å². The van der Waals surface area contributed by atoms with E-state index in [4.69, 9.17) is 4.74 Å². The molecule has 2 heterocycles. The fourth-order valence-electron chi connectivity index (χ4n) is 4.26. The second-order valence-corrected chi connectivity index (χ2v) is 8.43. The lowest BCUT2D eigenvalue weighted by Gasteiger charge is -2.36. The van der Waals surface area contributed by atoms with Crippen molar-refractivity contribution in [1.29, 1.82) is 0 Å². The highest BCUT2D eigenvalue weighted by Gasteiger charge is 2.32. The molecule has 164 valence electrons. The van der Waals surface area contributed by atoms with E-state index in [-0.39, 0.29) is 18.4 Å². The van der Waals surface area contributed by atoms with Crippen LogP contribution < -0.4 is 19.9 Å². The van der Waals surface area contributed by atoms with Gasteiger partial charge in [0.2, 0.25) is 5.91 Å². The lowest BCUT2D eigenvalue weighted by Crippen LogP contribution is -2.47. The van der Waals surface area contributed by atoms with E-state index in [1.54, 1.807) is 13.0 Å². The molecule has 0 saturated carbocycles. The van der Waals surface area contributed by atoms with Crippen LogP contribution in [0.2, 0.25) is 0 Å². The van der Waals surface area contributed by atoms with Gasteiger partial charge in [0.05, 0.1) is 5.69 Å². The van der Waals surface area contributed by atoms with Crippen molar-refractivity contribution >= 4 is 28.9 Å². The summed E-state index contributed by atoms with van der Waals surface area (Å²) in [6.45, 7) is 3.71. The quantitative estimate of drug-likeness (QED) is 0.803. The predicted molar refractivity (Wildman–Crippen MR) is 123 cm³/mol. The van der Waals surface area contributed by atoms with Gasteiger partial charge in [-0.05, 0) is 70.3 Å². The van der Waals surface area contributed by atoms with Crippen LogP contribution in [0.4, 0.5) is 17.1 Å². The zero-order valence-electron chi connectivity index (χ0n) is 18.4. The van der Waals surface area contributed by atoms with Crippen molar-refractivity contribution in [2.45, 2.75) is 31.9 Å². The number of para-hydroxylation sites is 2. The topological polar surface area (TPSA) is 65.1 Å². The molecule has 4 rings (SSSR count). The number of hydrogen-bond acceptors (Lipinski definition) is 5. The Morgan fingerprint density at radius 3 is 2.45 bits per heavy atom. The maximum absolute atomic E-state index is 12.7. The van der Waals surface area contributed by atoms with Crippen molar-refractivity contribution < 1.29 is 14.3 Å². The Balaban J connectivity index is 1.37. The number of fused-ring (bicyclic) bond motifs is 1. The summed E-state index contributed by atoms with van der Waals surface area (Å²) < 4.78 is 5.63. The smallest absolute Gasteiger partial charge is 0.268 e. The third-order valence-electron chi connectivity index (χ3n) is 6.09. The highest BCUT2D eigenvalue weighted by atomic mass is 16.5. The minimum absolute atomic E-state index is 0.0522. The van der Waals surface area contributed by atoms with Gasteiger partial charge >= 0.3 is 0 Å². The summed E-state index contributed by atoms with van der Waals surface area (Å²) in [5.41, 5.74) is 2.51. The molecular weight excluding hydrogens is 392 g/mol. The van der Waals surface area contributed by atoms with Crippen LogP contribution in [-0.2, 0) is 9.59 Å². The van der Waals surface area contributed by atoms with Gasteiger partial charge in [0.15, 0.2) is 6.10 Å². The van der Waals surface area contributed by atoms with Gasteiger partial charge in [-0.1, -0.05) is 12.1 Å². The molecule has 0 aliphatic carbocycles. The Kier molecular flexibility index (Phi) is 6.13. The van der Waals surface area contributed by atoms with Crippen LogP contribution in [0.3, 0.4) is 0 Å². The first-order valence-corrected chi connectivity index (χ1v) is 10.8. The molecular formula is C24H30N4O3. The molecule has 0 bridgehead atoms. The Bertz CT molecular complexity index is 936. The molecule has 2 aromatic rings. The summed E-state index contributed by atoms with van der Waals surface area (Å²) in [6, 6.07) is 15.9. The number of benzene rings is 2. The third kappa shape index (κ3) is 4.66. The van der Waals surface area contributed by atoms with Crippen LogP contribution in [0.25, 0.3) is 0 Å². The molecule has 2 aromatic carbocycles. The number of anilines is 3. The first-order valence-electron chi connectivity index (χ1n) is 10.8. The zero-order valence-corrected chi connectivity index (χ0v) is 18.4. The molecule has 1 unspecified atom stereocenters.